The molecule has 5 nitrogen and oxygen atoms in total. The minimum atomic E-state index is -0.0886. The molecule has 104 valence electrons. The normalized spacial score (nSPS) is 10.1. The maximum absolute atomic E-state index is 12.0. The highest BCUT2D eigenvalue weighted by atomic mass is 16.2. The maximum Gasteiger partial charge on any atom is 0.241 e. The standard InChI is InChI=1S/C14H21N3O2/c1-16(2)14(19)10-17(3)13(18)8-11-4-6-12(9-15)7-5-11/h4-7H,8-10,15H2,1-3H3. The first-order chi connectivity index (χ1) is 8.93. The summed E-state index contributed by atoms with van der Waals surface area (Å²) in [5.74, 6) is -0.162. The van der Waals surface area contributed by atoms with E-state index in [1.54, 1.807) is 21.1 Å². The van der Waals surface area contributed by atoms with E-state index in [0.717, 1.165) is 11.1 Å². The molecule has 0 aliphatic heterocycles. The van der Waals surface area contributed by atoms with E-state index < -0.39 is 0 Å². The largest absolute Gasteiger partial charge is 0.347 e. The summed E-state index contributed by atoms with van der Waals surface area (Å²) in [6.45, 7) is 0.595. The molecule has 0 fully saturated rings. The van der Waals surface area contributed by atoms with Gasteiger partial charge in [0.15, 0.2) is 0 Å². The zero-order valence-corrected chi connectivity index (χ0v) is 11.7. The van der Waals surface area contributed by atoms with Gasteiger partial charge in [-0.2, -0.15) is 0 Å². The molecule has 0 saturated heterocycles. The van der Waals surface area contributed by atoms with Gasteiger partial charge in [0.05, 0.1) is 13.0 Å². The predicted molar refractivity (Wildman–Crippen MR) is 74.4 cm³/mol. The second kappa shape index (κ2) is 6.89. The topological polar surface area (TPSA) is 66.6 Å². The van der Waals surface area contributed by atoms with E-state index in [9.17, 15) is 9.59 Å². The van der Waals surface area contributed by atoms with Gasteiger partial charge < -0.3 is 15.5 Å². The first-order valence-electron chi connectivity index (χ1n) is 6.16. The third-order valence-electron chi connectivity index (χ3n) is 2.91. The lowest BCUT2D eigenvalue weighted by atomic mass is 10.1. The van der Waals surface area contributed by atoms with Gasteiger partial charge in [-0.3, -0.25) is 9.59 Å². The van der Waals surface area contributed by atoms with Gasteiger partial charge in [-0.15, -0.1) is 0 Å². The molecule has 0 aliphatic rings. The summed E-state index contributed by atoms with van der Waals surface area (Å²) in [7, 11) is 4.98. The molecule has 0 radical (unpaired) electrons. The third-order valence-corrected chi connectivity index (χ3v) is 2.91. The second-order valence-electron chi connectivity index (χ2n) is 4.74. The van der Waals surface area contributed by atoms with Crippen LogP contribution < -0.4 is 5.73 Å². The molecule has 0 heterocycles. The zero-order valence-electron chi connectivity index (χ0n) is 11.7. The van der Waals surface area contributed by atoms with E-state index >= 15 is 0 Å². The fourth-order valence-corrected chi connectivity index (χ4v) is 1.54. The van der Waals surface area contributed by atoms with Crippen molar-refractivity contribution in [2.75, 3.05) is 27.7 Å². The number of carbonyl (C=O) groups is 2. The van der Waals surface area contributed by atoms with Crippen LogP contribution in [0.5, 0.6) is 0 Å². The Morgan fingerprint density at radius 3 is 2.00 bits per heavy atom. The highest BCUT2D eigenvalue weighted by Gasteiger charge is 2.14. The Balaban J connectivity index is 2.55. The lowest BCUT2D eigenvalue weighted by molar-refractivity contribution is -0.137. The second-order valence-corrected chi connectivity index (χ2v) is 4.74. The molecule has 1 aromatic carbocycles. The fraction of sp³-hybridized carbons (Fsp3) is 0.429. The van der Waals surface area contributed by atoms with Crippen molar-refractivity contribution < 1.29 is 9.59 Å². The average Bonchev–Trinajstić information content (AvgIpc) is 2.39. The summed E-state index contributed by atoms with van der Waals surface area (Å²) >= 11 is 0. The van der Waals surface area contributed by atoms with Crippen molar-refractivity contribution in [1.29, 1.82) is 0 Å². The van der Waals surface area contributed by atoms with Crippen LogP contribution in [0.2, 0.25) is 0 Å². The summed E-state index contributed by atoms with van der Waals surface area (Å²) in [5, 5.41) is 0. The third kappa shape index (κ3) is 4.71. The Kier molecular flexibility index (Phi) is 5.51. The van der Waals surface area contributed by atoms with Gasteiger partial charge in [0.25, 0.3) is 0 Å². The molecule has 0 aromatic heterocycles. The fourth-order valence-electron chi connectivity index (χ4n) is 1.54. The number of carbonyl (C=O) groups excluding carboxylic acids is 2. The first-order valence-corrected chi connectivity index (χ1v) is 6.16. The van der Waals surface area contributed by atoms with Crippen molar-refractivity contribution >= 4 is 11.8 Å². The molecule has 0 atom stereocenters. The van der Waals surface area contributed by atoms with Crippen LogP contribution in [-0.4, -0.2) is 49.3 Å². The number of nitrogens with zero attached hydrogens (tertiary/aromatic N) is 2. The first kappa shape index (κ1) is 15.2. The van der Waals surface area contributed by atoms with Gasteiger partial charge in [-0.1, -0.05) is 24.3 Å². The smallest absolute Gasteiger partial charge is 0.241 e. The summed E-state index contributed by atoms with van der Waals surface area (Å²) in [6.07, 6.45) is 0.294. The van der Waals surface area contributed by atoms with Crippen molar-refractivity contribution in [2.24, 2.45) is 5.73 Å². The van der Waals surface area contributed by atoms with Crippen molar-refractivity contribution in [3.8, 4) is 0 Å². The van der Waals surface area contributed by atoms with Crippen LogP contribution in [0.3, 0.4) is 0 Å². The van der Waals surface area contributed by atoms with Gasteiger partial charge in [0, 0.05) is 27.7 Å². The van der Waals surface area contributed by atoms with Crippen LogP contribution in [0, 0.1) is 0 Å². The van der Waals surface area contributed by atoms with E-state index in [-0.39, 0.29) is 18.4 Å². The number of hydrogen-bond donors (Lipinski definition) is 1. The molecule has 2 amide bonds. The Bertz CT molecular complexity index is 441. The molecule has 1 rings (SSSR count). The zero-order chi connectivity index (χ0) is 14.4. The van der Waals surface area contributed by atoms with Crippen LogP contribution >= 0.6 is 0 Å². The van der Waals surface area contributed by atoms with E-state index in [2.05, 4.69) is 0 Å². The minimum Gasteiger partial charge on any atom is -0.347 e. The maximum atomic E-state index is 12.0. The number of rotatable bonds is 5. The predicted octanol–water partition coefficient (Wildman–Crippen LogP) is 0.234. The molecule has 0 aliphatic carbocycles. The molecular weight excluding hydrogens is 242 g/mol. The summed E-state index contributed by atoms with van der Waals surface area (Å²) in [5.41, 5.74) is 7.47. The molecule has 1 aromatic rings. The van der Waals surface area contributed by atoms with Gasteiger partial charge >= 0.3 is 0 Å². The molecule has 2 N–H and O–H groups in total. The monoisotopic (exact) mass is 263 g/mol. The van der Waals surface area contributed by atoms with Gasteiger partial charge in [0.2, 0.25) is 11.8 Å². The Morgan fingerprint density at radius 2 is 1.53 bits per heavy atom. The van der Waals surface area contributed by atoms with Gasteiger partial charge in [0.1, 0.15) is 0 Å². The summed E-state index contributed by atoms with van der Waals surface area (Å²) < 4.78 is 0. The molecule has 0 saturated carbocycles. The summed E-state index contributed by atoms with van der Waals surface area (Å²) in [6, 6.07) is 7.60. The number of amides is 2. The SMILES string of the molecule is CN(C)C(=O)CN(C)C(=O)Cc1ccc(CN)cc1. The van der Waals surface area contributed by atoms with Crippen molar-refractivity contribution in [3.63, 3.8) is 0 Å². The minimum absolute atomic E-state index is 0.0734. The van der Waals surface area contributed by atoms with Crippen molar-refractivity contribution in [1.82, 2.24) is 9.80 Å². The van der Waals surface area contributed by atoms with Crippen LogP contribution in [-0.2, 0) is 22.6 Å². The molecule has 19 heavy (non-hydrogen) atoms. The molecule has 0 spiro atoms. The number of likely N-dealkylation sites (N-methyl/N-ethyl adjacent to an activating group) is 2. The number of nitrogens with two attached hydrogens (primary N) is 1. The van der Waals surface area contributed by atoms with E-state index in [0.29, 0.717) is 13.0 Å². The Morgan fingerprint density at radius 1 is 1.00 bits per heavy atom. The van der Waals surface area contributed by atoms with Gasteiger partial charge in [-0.25, -0.2) is 0 Å². The lowest BCUT2D eigenvalue weighted by Crippen LogP contribution is -2.38. The average molecular weight is 263 g/mol. The highest BCUT2D eigenvalue weighted by molar-refractivity contribution is 5.85. The Hall–Kier alpha value is -1.88. The number of hydrogen-bond acceptors (Lipinski definition) is 3. The molecule has 0 bridgehead atoms. The van der Waals surface area contributed by atoms with Crippen LogP contribution in [0.4, 0.5) is 0 Å². The molecular formula is C14H21N3O2. The highest BCUT2D eigenvalue weighted by Crippen LogP contribution is 2.06. The van der Waals surface area contributed by atoms with Crippen LogP contribution in [0.15, 0.2) is 24.3 Å². The quantitative estimate of drug-likeness (QED) is 0.827. The molecule has 0 unspecified atom stereocenters. The van der Waals surface area contributed by atoms with E-state index in [1.165, 1.54) is 9.80 Å². The van der Waals surface area contributed by atoms with Crippen LogP contribution in [0.1, 0.15) is 11.1 Å². The summed E-state index contributed by atoms with van der Waals surface area (Å²) in [4.78, 5) is 26.4. The van der Waals surface area contributed by atoms with Gasteiger partial charge in [-0.05, 0) is 11.1 Å². The van der Waals surface area contributed by atoms with E-state index in [4.69, 9.17) is 5.73 Å². The van der Waals surface area contributed by atoms with E-state index in [1.807, 2.05) is 24.3 Å². The van der Waals surface area contributed by atoms with Crippen molar-refractivity contribution in [2.45, 2.75) is 13.0 Å². The van der Waals surface area contributed by atoms with Crippen molar-refractivity contribution in [3.05, 3.63) is 35.4 Å². The number of benzene rings is 1. The lowest BCUT2D eigenvalue weighted by Gasteiger charge is -2.19. The molecule has 5 heteroatoms. The Labute approximate surface area is 114 Å². The van der Waals surface area contributed by atoms with Crippen LogP contribution in [0.25, 0.3) is 0 Å².